The number of nitrogens with zero attached hydrogens (tertiary/aromatic N) is 2. The Bertz CT molecular complexity index is 873. The predicted molar refractivity (Wildman–Crippen MR) is 94.2 cm³/mol. The lowest BCUT2D eigenvalue weighted by Crippen LogP contribution is -2.26. The maximum Gasteiger partial charge on any atom is 0.165 e. The van der Waals surface area contributed by atoms with E-state index in [-0.39, 0.29) is 12.4 Å². The van der Waals surface area contributed by atoms with Gasteiger partial charge >= 0.3 is 0 Å². The van der Waals surface area contributed by atoms with Crippen LogP contribution in [0.5, 0.6) is 5.75 Å². The second-order valence-corrected chi connectivity index (χ2v) is 6.59. The summed E-state index contributed by atoms with van der Waals surface area (Å²) in [4.78, 5) is 4.77. The van der Waals surface area contributed by atoms with Crippen molar-refractivity contribution in [2.45, 2.75) is 37.8 Å². The number of aromatic nitrogens is 2. The quantitative estimate of drug-likeness (QED) is 0.741. The van der Waals surface area contributed by atoms with Gasteiger partial charge in [-0.1, -0.05) is 30.7 Å². The van der Waals surface area contributed by atoms with Crippen LogP contribution in [0.15, 0.2) is 48.5 Å². The molecule has 0 aliphatic heterocycles. The third-order valence-corrected chi connectivity index (χ3v) is 4.82. The van der Waals surface area contributed by atoms with Crippen LogP contribution in [0, 0.1) is 5.82 Å². The first kappa shape index (κ1) is 16.1. The number of aliphatic hydroxyl groups excluding tert-OH is 1. The van der Waals surface area contributed by atoms with Gasteiger partial charge in [0.1, 0.15) is 18.5 Å². The molecule has 1 heterocycles. The van der Waals surface area contributed by atoms with Crippen molar-refractivity contribution in [1.82, 2.24) is 9.55 Å². The number of para-hydroxylation sites is 3. The Morgan fingerprint density at radius 2 is 1.92 bits per heavy atom. The van der Waals surface area contributed by atoms with Gasteiger partial charge in [0.05, 0.1) is 17.6 Å². The first-order valence-corrected chi connectivity index (χ1v) is 8.73. The van der Waals surface area contributed by atoms with Crippen molar-refractivity contribution in [3.05, 3.63) is 60.2 Å². The molecule has 1 atom stereocenters. The molecule has 0 bridgehead atoms. The van der Waals surface area contributed by atoms with E-state index in [1.54, 1.807) is 18.2 Å². The van der Waals surface area contributed by atoms with E-state index in [4.69, 9.17) is 9.72 Å². The number of aliphatic hydroxyl groups is 1. The number of halogens is 1. The highest BCUT2D eigenvalue weighted by atomic mass is 19.1. The number of imidazole rings is 1. The normalized spacial score (nSPS) is 15.9. The zero-order valence-corrected chi connectivity index (χ0v) is 13.9. The van der Waals surface area contributed by atoms with Gasteiger partial charge in [0.2, 0.25) is 0 Å². The van der Waals surface area contributed by atoms with Crippen LogP contribution in [0.25, 0.3) is 11.0 Å². The molecule has 2 aromatic carbocycles. The van der Waals surface area contributed by atoms with Gasteiger partial charge in [-0.3, -0.25) is 0 Å². The number of ether oxygens (including phenoxy) is 1. The molecule has 1 aromatic heterocycles. The van der Waals surface area contributed by atoms with Crippen molar-refractivity contribution >= 4 is 11.0 Å². The molecule has 1 aliphatic carbocycles. The monoisotopic (exact) mass is 340 g/mol. The highest BCUT2D eigenvalue weighted by Crippen LogP contribution is 2.37. The van der Waals surface area contributed by atoms with Crippen LogP contribution in [-0.2, 0) is 6.54 Å². The number of hydrogen-bond donors (Lipinski definition) is 1. The summed E-state index contributed by atoms with van der Waals surface area (Å²) in [6.45, 7) is 0.429. The largest absolute Gasteiger partial charge is 0.488 e. The van der Waals surface area contributed by atoms with E-state index >= 15 is 0 Å². The van der Waals surface area contributed by atoms with E-state index in [1.807, 2.05) is 24.3 Å². The molecule has 1 saturated carbocycles. The molecule has 1 fully saturated rings. The molecule has 130 valence electrons. The maximum absolute atomic E-state index is 13.6. The molecule has 1 N–H and O–H groups in total. The number of benzene rings is 2. The smallest absolute Gasteiger partial charge is 0.165 e. The summed E-state index contributed by atoms with van der Waals surface area (Å²) < 4.78 is 21.2. The van der Waals surface area contributed by atoms with Gasteiger partial charge in [-0.25, -0.2) is 9.37 Å². The van der Waals surface area contributed by atoms with Crippen molar-refractivity contribution < 1.29 is 14.2 Å². The Morgan fingerprint density at radius 1 is 1.16 bits per heavy atom. The Hall–Kier alpha value is -2.40. The third kappa shape index (κ3) is 3.24. The second kappa shape index (κ2) is 6.84. The fraction of sp³-hybridized carbons (Fsp3) is 0.350. The van der Waals surface area contributed by atoms with Crippen molar-refractivity contribution in [2.75, 3.05) is 6.61 Å². The van der Waals surface area contributed by atoms with Gasteiger partial charge in [0, 0.05) is 5.92 Å². The molecule has 0 amide bonds. The van der Waals surface area contributed by atoms with E-state index in [0.717, 1.165) is 29.7 Å². The summed E-state index contributed by atoms with van der Waals surface area (Å²) in [5, 5.41) is 10.4. The first-order valence-electron chi connectivity index (χ1n) is 8.73. The molecule has 0 spiro atoms. The Kier molecular flexibility index (Phi) is 4.40. The van der Waals surface area contributed by atoms with E-state index in [0.29, 0.717) is 12.5 Å². The minimum Gasteiger partial charge on any atom is -0.488 e. The summed E-state index contributed by atoms with van der Waals surface area (Å²) in [5.74, 6) is 1.25. The topological polar surface area (TPSA) is 47.3 Å². The van der Waals surface area contributed by atoms with Gasteiger partial charge in [0.15, 0.2) is 11.6 Å². The van der Waals surface area contributed by atoms with Crippen molar-refractivity contribution in [1.29, 1.82) is 0 Å². The Balaban J connectivity index is 1.52. The number of hydrogen-bond acceptors (Lipinski definition) is 3. The molecule has 5 heteroatoms. The van der Waals surface area contributed by atoms with E-state index < -0.39 is 11.9 Å². The molecule has 4 rings (SSSR count). The maximum atomic E-state index is 13.6. The SMILES string of the molecule is OC(COc1ccccc1F)Cn1c(C2CCC2)nc2ccccc21. The Labute approximate surface area is 145 Å². The molecular formula is C20H21FN2O2. The van der Waals surface area contributed by atoms with Crippen molar-refractivity contribution in [3.8, 4) is 5.75 Å². The van der Waals surface area contributed by atoms with Crippen LogP contribution in [0.1, 0.15) is 31.0 Å². The summed E-state index contributed by atoms with van der Waals surface area (Å²) in [6.07, 6.45) is 2.78. The summed E-state index contributed by atoms with van der Waals surface area (Å²) >= 11 is 0. The van der Waals surface area contributed by atoms with Gasteiger partial charge in [-0.05, 0) is 37.1 Å². The number of fused-ring (bicyclic) bond motifs is 1. The molecule has 0 saturated heterocycles. The number of rotatable bonds is 6. The summed E-state index contributed by atoms with van der Waals surface area (Å²) in [7, 11) is 0. The fourth-order valence-electron chi connectivity index (χ4n) is 3.28. The predicted octanol–water partition coefficient (Wildman–Crippen LogP) is 3.88. The molecule has 25 heavy (non-hydrogen) atoms. The van der Waals surface area contributed by atoms with E-state index in [2.05, 4.69) is 4.57 Å². The average molecular weight is 340 g/mol. The lowest BCUT2D eigenvalue weighted by atomic mass is 9.85. The summed E-state index contributed by atoms with van der Waals surface area (Å²) in [5.41, 5.74) is 1.97. The van der Waals surface area contributed by atoms with Crippen LogP contribution in [-0.4, -0.2) is 27.4 Å². The lowest BCUT2D eigenvalue weighted by molar-refractivity contribution is 0.0900. The summed E-state index contributed by atoms with van der Waals surface area (Å²) in [6, 6.07) is 14.2. The average Bonchev–Trinajstić information content (AvgIpc) is 2.91. The van der Waals surface area contributed by atoms with Crippen molar-refractivity contribution in [3.63, 3.8) is 0 Å². The Morgan fingerprint density at radius 3 is 2.68 bits per heavy atom. The third-order valence-electron chi connectivity index (χ3n) is 4.82. The molecular weight excluding hydrogens is 319 g/mol. The molecule has 1 aliphatic rings. The standard InChI is InChI=1S/C20H21FN2O2/c21-16-8-1-4-11-19(16)25-13-15(24)12-23-18-10-3-2-9-17(18)22-20(23)14-6-5-7-14/h1-4,8-11,14-15,24H,5-7,12-13H2. The van der Waals surface area contributed by atoms with Crippen molar-refractivity contribution in [2.24, 2.45) is 0 Å². The van der Waals surface area contributed by atoms with Crippen LogP contribution in [0.4, 0.5) is 4.39 Å². The van der Waals surface area contributed by atoms with Gasteiger partial charge in [0.25, 0.3) is 0 Å². The lowest BCUT2D eigenvalue weighted by Gasteiger charge is -2.26. The second-order valence-electron chi connectivity index (χ2n) is 6.59. The highest BCUT2D eigenvalue weighted by molar-refractivity contribution is 5.76. The molecule has 0 radical (unpaired) electrons. The van der Waals surface area contributed by atoms with Gasteiger partial charge in [-0.2, -0.15) is 0 Å². The van der Waals surface area contributed by atoms with E-state index in [1.165, 1.54) is 12.5 Å². The van der Waals surface area contributed by atoms with Gasteiger partial charge < -0.3 is 14.4 Å². The van der Waals surface area contributed by atoms with Gasteiger partial charge in [-0.15, -0.1) is 0 Å². The van der Waals surface area contributed by atoms with Crippen LogP contribution >= 0.6 is 0 Å². The highest BCUT2D eigenvalue weighted by Gasteiger charge is 2.26. The van der Waals surface area contributed by atoms with E-state index in [9.17, 15) is 9.50 Å². The van der Waals surface area contributed by atoms with Crippen LogP contribution in [0.3, 0.4) is 0 Å². The zero-order chi connectivity index (χ0) is 17.2. The molecule has 1 unspecified atom stereocenters. The van der Waals surface area contributed by atoms with Crippen LogP contribution in [0.2, 0.25) is 0 Å². The molecule has 4 nitrogen and oxygen atoms in total. The zero-order valence-electron chi connectivity index (χ0n) is 13.9. The minimum absolute atomic E-state index is 0.0392. The molecule has 3 aromatic rings. The minimum atomic E-state index is -0.740. The van der Waals surface area contributed by atoms with Crippen LogP contribution < -0.4 is 4.74 Å². The first-order chi connectivity index (χ1) is 12.2. The fourth-order valence-corrected chi connectivity index (χ4v) is 3.28.